The third-order valence-electron chi connectivity index (χ3n) is 4.35. The summed E-state index contributed by atoms with van der Waals surface area (Å²) in [5, 5.41) is 13.7. The van der Waals surface area contributed by atoms with Crippen LogP contribution in [-0.4, -0.2) is 30.4 Å². The van der Waals surface area contributed by atoms with Gasteiger partial charge in [0.25, 0.3) is 0 Å². The average molecular weight is 327 g/mol. The molecule has 0 radical (unpaired) electrons. The molecular formula is C20H25NO3. The van der Waals surface area contributed by atoms with Gasteiger partial charge in [-0.1, -0.05) is 42.5 Å². The van der Waals surface area contributed by atoms with Crippen LogP contribution in [0.3, 0.4) is 0 Å². The fraction of sp³-hybridized carbons (Fsp3) is 0.400. The molecule has 0 amide bonds. The normalized spacial score (nSPS) is 18.8. The average Bonchev–Trinajstić information content (AvgIpc) is 2.65. The standard InChI is InChI=1S/C20H25NO3/c1-15(20(22)16-8-3-2-4-9-16)21-13-7-10-17-14-23-18-11-5-6-12-19(18)24-17/h2-6,8-9,11-12,15,17,20-22H,7,10,13-14H2,1H3. The molecule has 4 nitrogen and oxygen atoms in total. The van der Waals surface area contributed by atoms with Crippen molar-refractivity contribution in [2.75, 3.05) is 13.2 Å². The lowest BCUT2D eigenvalue weighted by Gasteiger charge is -2.27. The lowest BCUT2D eigenvalue weighted by atomic mass is 10.0. The molecule has 1 aliphatic heterocycles. The van der Waals surface area contributed by atoms with Gasteiger partial charge in [0, 0.05) is 6.04 Å². The van der Waals surface area contributed by atoms with E-state index in [9.17, 15) is 5.11 Å². The van der Waals surface area contributed by atoms with Crippen molar-refractivity contribution >= 4 is 0 Å². The van der Waals surface area contributed by atoms with Gasteiger partial charge in [0.15, 0.2) is 11.5 Å². The maximum Gasteiger partial charge on any atom is 0.161 e. The van der Waals surface area contributed by atoms with Gasteiger partial charge in [0.1, 0.15) is 12.7 Å². The zero-order chi connectivity index (χ0) is 16.8. The Morgan fingerprint density at radius 2 is 1.79 bits per heavy atom. The molecule has 3 rings (SSSR count). The Morgan fingerprint density at radius 1 is 1.08 bits per heavy atom. The van der Waals surface area contributed by atoms with Gasteiger partial charge in [0.2, 0.25) is 0 Å². The molecule has 0 aromatic heterocycles. The Bertz CT molecular complexity index is 628. The second-order valence-electron chi connectivity index (χ2n) is 6.24. The van der Waals surface area contributed by atoms with E-state index in [0.717, 1.165) is 36.4 Å². The minimum absolute atomic E-state index is 0.0108. The number of nitrogens with one attached hydrogen (secondary N) is 1. The molecule has 0 fully saturated rings. The molecule has 1 heterocycles. The highest BCUT2D eigenvalue weighted by molar-refractivity contribution is 5.40. The molecule has 128 valence electrons. The van der Waals surface area contributed by atoms with Crippen molar-refractivity contribution < 1.29 is 14.6 Å². The van der Waals surface area contributed by atoms with Crippen LogP contribution in [0.2, 0.25) is 0 Å². The van der Waals surface area contributed by atoms with Crippen LogP contribution < -0.4 is 14.8 Å². The second-order valence-corrected chi connectivity index (χ2v) is 6.24. The number of hydrogen-bond donors (Lipinski definition) is 2. The van der Waals surface area contributed by atoms with Crippen molar-refractivity contribution in [3.63, 3.8) is 0 Å². The van der Waals surface area contributed by atoms with Crippen LogP contribution in [0.1, 0.15) is 31.4 Å². The van der Waals surface area contributed by atoms with E-state index in [1.165, 1.54) is 0 Å². The zero-order valence-electron chi connectivity index (χ0n) is 14.0. The summed E-state index contributed by atoms with van der Waals surface area (Å²) >= 11 is 0. The first kappa shape index (κ1) is 16.8. The van der Waals surface area contributed by atoms with Gasteiger partial charge >= 0.3 is 0 Å². The van der Waals surface area contributed by atoms with Gasteiger partial charge in [-0.2, -0.15) is 0 Å². The quantitative estimate of drug-likeness (QED) is 0.766. The Labute approximate surface area is 143 Å². The first-order chi connectivity index (χ1) is 11.7. The molecule has 2 aromatic rings. The molecule has 3 atom stereocenters. The molecule has 0 saturated carbocycles. The molecule has 0 aliphatic carbocycles. The van der Waals surface area contributed by atoms with Crippen LogP contribution in [-0.2, 0) is 0 Å². The fourth-order valence-corrected chi connectivity index (χ4v) is 2.92. The van der Waals surface area contributed by atoms with Crippen molar-refractivity contribution in [2.45, 2.75) is 38.0 Å². The Balaban J connectivity index is 1.38. The van der Waals surface area contributed by atoms with Gasteiger partial charge in [-0.3, -0.25) is 0 Å². The maximum absolute atomic E-state index is 10.3. The fourth-order valence-electron chi connectivity index (χ4n) is 2.92. The second kappa shape index (κ2) is 8.18. The summed E-state index contributed by atoms with van der Waals surface area (Å²) < 4.78 is 11.7. The first-order valence-corrected chi connectivity index (χ1v) is 8.59. The smallest absolute Gasteiger partial charge is 0.161 e. The highest BCUT2D eigenvalue weighted by Gasteiger charge is 2.20. The number of benzene rings is 2. The highest BCUT2D eigenvalue weighted by atomic mass is 16.6. The molecular weight excluding hydrogens is 302 g/mol. The van der Waals surface area contributed by atoms with Crippen molar-refractivity contribution in [3.05, 3.63) is 60.2 Å². The maximum atomic E-state index is 10.3. The summed E-state index contributed by atoms with van der Waals surface area (Å²) in [6, 6.07) is 17.5. The SMILES string of the molecule is CC(NCCCC1COc2ccccc2O1)C(O)c1ccccc1. The number of ether oxygens (including phenoxy) is 2. The van der Waals surface area contributed by atoms with E-state index in [2.05, 4.69) is 5.32 Å². The summed E-state index contributed by atoms with van der Waals surface area (Å²) in [5.41, 5.74) is 0.943. The lowest BCUT2D eigenvalue weighted by Crippen LogP contribution is -2.34. The number of hydrogen-bond acceptors (Lipinski definition) is 4. The molecule has 2 N–H and O–H groups in total. The Hall–Kier alpha value is -2.04. The summed E-state index contributed by atoms with van der Waals surface area (Å²) in [6.07, 6.45) is 1.50. The Morgan fingerprint density at radius 3 is 2.58 bits per heavy atom. The number of aliphatic hydroxyl groups is 1. The third kappa shape index (κ3) is 4.28. The van der Waals surface area contributed by atoms with Gasteiger partial charge in [0.05, 0.1) is 6.10 Å². The molecule has 4 heteroatoms. The minimum atomic E-state index is -0.493. The number of rotatable bonds is 7. The van der Waals surface area contributed by atoms with E-state index in [0.29, 0.717) is 6.61 Å². The Kier molecular flexibility index (Phi) is 5.72. The van der Waals surface area contributed by atoms with Crippen LogP contribution in [0.5, 0.6) is 11.5 Å². The van der Waals surface area contributed by atoms with Crippen LogP contribution in [0, 0.1) is 0 Å². The first-order valence-electron chi connectivity index (χ1n) is 8.59. The summed E-state index contributed by atoms with van der Waals surface area (Å²) in [5.74, 6) is 1.65. The van der Waals surface area contributed by atoms with Gasteiger partial charge in [-0.15, -0.1) is 0 Å². The van der Waals surface area contributed by atoms with E-state index in [4.69, 9.17) is 9.47 Å². The lowest BCUT2D eigenvalue weighted by molar-refractivity contribution is 0.0823. The van der Waals surface area contributed by atoms with E-state index in [1.807, 2.05) is 61.5 Å². The van der Waals surface area contributed by atoms with Crippen molar-refractivity contribution in [2.24, 2.45) is 0 Å². The zero-order valence-corrected chi connectivity index (χ0v) is 14.0. The van der Waals surface area contributed by atoms with Gasteiger partial charge in [-0.25, -0.2) is 0 Å². The summed E-state index contributed by atoms with van der Waals surface area (Å²) in [4.78, 5) is 0. The minimum Gasteiger partial charge on any atom is -0.486 e. The largest absolute Gasteiger partial charge is 0.486 e. The van der Waals surface area contributed by atoms with Crippen molar-refractivity contribution in [3.8, 4) is 11.5 Å². The van der Waals surface area contributed by atoms with E-state index < -0.39 is 6.10 Å². The van der Waals surface area contributed by atoms with Crippen molar-refractivity contribution in [1.29, 1.82) is 0 Å². The third-order valence-corrected chi connectivity index (χ3v) is 4.35. The summed E-state index contributed by atoms with van der Waals surface area (Å²) in [6.45, 7) is 3.44. The molecule has 0 saturated heterocycles. The molecule has 3 unspecified atom stereocenters. The molecule has 0 bridgehead atoms. The predicted molar refractivity (Wildman–Crippen MR) is 94.5 cm³/mol. The predicted octanol–water partition coefficient (Wildman–Crippen LogP) is 3.32. The van der Waals surface area contributed by atoms with E-state index in [-0.39, 0.29) is 12.1 Å². The van der Waals surface area contributed by atoms with Gasteiger partial charge in [-0.05, 0) is 44.0 Å². The van der Waals surface area contributed by atoms with Crippen LogP contribution >= 0.6 is 0 Å². The van der Waals surface area contributed by atoms with Crippen LogP contribution in [0.15, 0.2) is 54.6 Å². The highest BCUT2D eigenvalue weighted by Crippen LogP contribution is 2.31. The van der Waals surface area contributed by atoms with Crippen molar-refractivity contribution in [1.82, 2.24) is 5.32 Å². The molecule has 0 spiro atoms. The van der Waals surface area contributed by atoms with Crippen LogP contribution in [0.25, 0.3) is 0 Å². The topological polar surface area (TPSA) is 50.7 Å². The molecule has 1 aliphatic rings. The van der Waals surface area contributed by atoms with E-state index in [1.54, 1.807) is 0 Å². The van der Waals surface area contributed by atoms with Crippen LogP contribution in [0.4, 0.5) is 0 Å². The molecule has 2 aromatic carbocycles. The summed E-state index contributed by atoms with van der Waals surface area (Å²) in [7, 11) is 0. The number of fused-ring (bicyclic) bond motifs is 1. The van der Waals surface area contributed by atoms with Gasteiger partial charge < -0.3 is 19.9 Å². The monoisotopic (exact) mass is 327 g/mol. The number of aliphatic hydroxyl groups excluding tert-OH is 1. The number of para-hydroxylation sites is 2. The van der Waals surface area contributed by atoms with E-state index >= 15 is 0 Å². The molecule has 24 heavy (non-hydrogen) atoms.